The van der Waals surface area contributed by atoms with Crippen molar-refractivity contribution in [1.29, 1.82) is 0 Å². The van der Waals surface area contributed by atoms with Crippen LogP contribution >= 0.6 is 23.2 Å². The summed E-state index contributed by atoms with van der Waals surface area (Å²) in [6, 6.07) is 11.2. The highest BCUT2D eigenvalue weighted by molar-refractivity contribution is 6.35. The van der Waals surface area contributed by atoms with E-state index in [1.807, 2.05) is 30.5 Å². The van der Waals surface area contributed by atoms with E-state index in [4.69, 9.17) is 28.9 Å². The molecule has 27 heavy (non-hydrogen) atoms. The molecule has 0 aliphatic heterocycles. The fourth-order valence-electron chi connectivity index (χ4n) is 2.87. The molecule has 0 aliphatic rings. The lowest BCUT2D eigenvalue weighted by Crippen LogP contribution is -2.49. The summed E-state index contributed by atoms with van der Waals surface area (Å²) in [5.74, 6) is -0.356. The van der Waals surface area contributed by atoms with E-state index in [0.717, 1.165) is 22.0 Å². The number of aromatic nitrogens is 1. The van der Waals surface area contributed by atoms with Crippen LogP contribution in [0.15, 0.2) is 48.7 Å². The molecule has 0 radical (unpaired) electrons. The van der Waals surface area contributed by atoms with Gasteiger partial charge in [-0.1, -0.05) is 47.5 Å². The van der Waals surface area contributed by atoms with E-state index in [-0.39, 0.29) is 12.5 Å². The maximum atomic E-state index is 12.6. The summed E-state index contributed by atoms with van der Waals surface area (Å²) in [4.78, 5) is 27.1. The number of H-pyrrole nitrogens is 1. The third-order valence-corrected chi connectivity index (χ3v) is 4.79. The molecule has 5 N–H and O–H groups in total. The molecule has 0 saturated heterocycles. The maximum Gasteiger partial charge on any atom is 0.312 e. The number of benzene rings is 2. The Kier molecular flexibility index (Phi) is 5.88. The van der Waals surface area contributed by atoms with Gasteiger partial charge in [0.1, 0.15) is 6.04 Å². The van der Waals surface area contributed by atoms with Crippen molar-refractivity contribution in [3.05, 3.63) is 69.8 Å². The number of carbonyl (C=O) groups excluding carboxylic acids is 2. The van der Waals surface area contributed by atoms with E-state index < -0.39 is 12.1 Å². The normalized spacial score (nSPS) is 11.9. The van der Waals surface area contributed by atoms with Crippen LogP contribution in [0.5, 0.6) is 0 Å². The molecule has 2 aromatic carbocycles. The Hall–Kier alpha value is -2.70. The lowest BCUT2D eigenvalue weighted by atomic mass is 10.0. The number of rotatable bonds is 6. The van der Waals surface area contributed by atoms with Crippen LogP contribution in [0.4, 0.5) is 4.79 Å². The largest absolute Gasteiger partial charge is 0.361 e. The molecule has 0 bridgehead atoms. The van der Waals surface area contributed by atoms with Crippen LogP contribution < -0.4 is 16.4 Å². The van der Waals surface area contributed by atoms with E-state index in [1.165, 1.54) is 0 Å². The van der Waals surface area contributed by atoms with Crippen molar-refractivity contribution < 1.29 is 9.59 Å². The standard InChI is InChI=1S/C19H18Cl2N4O2/c20-13-6-5-11(15(21)8-13)9-24-18(26)17(25-19(22)27)7-12-10-23-16-4-2-1-3-14(12)16/h1-6,8,10,17,23H,7,9H2,(H,24,26)(H3,22,25,27)/t17-/m0/s1. The average Bonchev–Trinajstić information content (AvgIpc) is 3.03. The lowest BCUT2D eigenvalue weighted by molar-refractivity contribution is -0.123. The van der Waals surface area contributed by atoms with Crippen molar-refractivity contribution >= 4 is 46.0 Å². The first kappa shape index (κ1) is 19.1. The summed E-state index contributed by atoms with van der Waals surface area (Å²) in [6.45, 7) is 0.208. The van der Waals surface area contributed by atoms with Gasteiger partial charge in [-0.15, -0.1) is 0 Å². The second-order valence-corrected chi connectivity index (χ2v) is 6.92. The Balaban J connectivity index is 1.73. The number of aromatic amines is 1. The summed E-state index contributed by atoms with van der Waals surface area (Å²) in [5.41, 5.74) is 7.83. The smallest absolute Gasteiger partial charge is 0.312 e. The van der Waals surface area contributed by atoms with Crippen molar-refractivity contribution in [1.82, 2.24) is 15.6 Å². The van der Waals surface area contributed by atoms with E-state index in [2.05, 4.69) is 15.6 Å². The first-order valence-electron chi connectivity index (χ1n) is 8.26. The van der Waals surface area contributed by atoms with Gasteiger partial charge in [-0.2, -0.15) is 0 Å². The number of primary amides is 1. The maximum absolute atomic E-state index is 12.6. The van der Waals surface area contributed by atoms with Gasteiger partial charge in [-0.25, -0.2) is 4.79 Å². The summed E-state index contributed by atoms with van der Waals surface area (Å²) in [5, 5.41) is 7.24. The highest BCUT2D eigenvalue weighted by atomic mass is 35.5. The Morgan fingerprint density at radius 2 is 1.89 bits per heavy atom. The summed E-state index contributed by atoms with van der Waals surface area (Å²) in [6.07, 6.45) is 2.12. The number of nitrogens with two attached hydrogens (primary N) is 1. The molecule has 8 heteroatoms. The molecule has 0 aliphatic carbocycles. The van der Waals surface area contributed by atoms with E-state index in [1.54, 1.807) is 18.2 Å². The third kappa shape index (κ3) is 4.72. The summed E-state index contributed by atoms with van der Waals surface area (Å²) in [7, 11) is 0. The Labute approximate surface area is 166 Å². The fourth-order valence-corrected chi connectivity index (χ4v) is 3.35. The zero-order chi connectivity index (χ0) is 19.4. The van der Waals surface area contributed by atoms with Gasteiger partial charge < -0.3 is 21.4 Å². The van der Waals surface area contributed by atoms with Gasteiger partial charge >= 0.3 is 6.03 Å². The van der Waals surface area contributed by atoms with Gasteiger partial charge in [-0.05, 0) is 29.3 Å². The average molecular weight is 405 g/mol. The second kappa shape index (κ2) is 8.33. The van der Waals surface area contributed by atoms with E-state index in [0.29, 0.717) is 16.5 Å². The van der Waals surface area contributed by atoms with Crippen molar-refractivity contribution in [3.63, 3.8) is 0 Å². The predicted octanol–water partition coefficient (Wildman–Crippen LogP) is 3.37. The molecule has 1 atom stereocenters. The minimum Gasteiger partial charge on any atom is -0.361 e. The molecule has 1 heterocycles. The molecule has 0 spiro atoms. The molecular formula is C19H18Cl2N4O2. The number of fused-ring (bicyclic) bond motifs is 1. The van der Waals surface area contributed by atoms with Crippen LogP contribution in [0.25, 0.3) is 10.9 Å². The van der Waals surface area contributed by atoms with Gasteiger partial charge in [0.05, 0.1) is 0 Å². The molecule has 3 amide bonds. The van der Waals surface area contributed by atoms with Gasteiger partial charge in [0, 0.05) is 40.1 Å². The minimum absolute atomic E-state index is 0.208. The van der Waals surface area contributed by atoms with Gasteiger partial charge in [-0.3, -0.25) is 4.79 Å². The molecule has 0 fully saturated rings. The quantitative estimate of drug-likeness (QED) is 0.506. The third-order valence-electron chi connectivity index (χ3n) is 4.20. The topological polar surface area (TPSA) is 100 Å². The number of para-hydroxylation sites is 1. The number of carbonyl (C=O) groups is 2. The fraction of sp³-hybridized carbons (Fsp3) is 0.158. The highest BCUT2D eigenvalue weighted by Crippen LogP contribution is 2.21. The molecular weight excluding hydrogens is 387 g/mol. The minimum atomic E-state index is -0.812. The van der Waals surface area contributed by atoms with Gasteiger partial charge in [0.25, 0.3) is 0 Å². The first-order valence-corrected chi connectivity index (χ1v) is 9.02. The van der Waals surface area contributed by atoms with Crippen molar-refractivity contribution in [3.8, 4) is 0 Å². The number of hydrogen-bond donors (Lipinski definition) is 4. The van der Waals surface area contributed by atoms with Crippen molar-refractivity contribution in [2.24, 2.45) is 5.73 Å². The number of urea groups is 1. The van der Waals surface area contributed by atoms with Crippen LogP contribution in [0.1, 0.15) is 11.1 Å². The number of hydrogen-bond acceptors (Lipinski definition) is 2. The zero-order valence-electron chi connectivity index (χ0n) is 14.3. The molecule has 3 rings (SSSR count). The van der Waals surface area contributed by atoms with Crippen molar-refractivity contribution in [2.75, 3.05) is 0 Å². The molecule has 6 nitrogen and oxygen atoms in total. The predicted molar refractivity (Wildman–Crippen MR) is 107 cm³/mol. The van der Waals surface area contributed by atoms with E-state index >= 15 is 0 Å². The Bertz CT molecular complexity index is 987. The lowest BCUT2D eigenvalue weighted by Gasteiger charge is -2.17. The SMILES string of the molecule is NC(=O)N[C@@H](Cc1c[nH]c2ccccc12)C(=O)NCc1ccc(Cl)cc1Cl. The molecule has 1 aromatic heterocycles. The monoisotopic (exact) mass is 404 g/mol. The van der Waals surface area contributed by atoms with Crippen LogP contribution in [-0.4, -0.2) is 23.0 Å². The number of amides is 3. The van der Waals surface area contributed by atoms with E-state index in [9.17, 15) is 9.59 Å². The summed E-state index contributed by atoms with van der Waals surface area (Å²) < 4.78 is 0. The first-order chi connectivity index (χ1) is 12.9. The van der Waals surface area contributed by atoms with Crippen LogP contribution in [0, 0.1) is 0 Å². The number of nitrogens with one attached hydrogen (secondary N) is 3. The number of halogens is 2. The Morgan fingerprint density at radius 3 is 2.63 bits per heavy atom. The van der Waals surface area contributed by atoms with Crippen LogP contribution in [0.3, 0.4) is 0 Å². The molecule has 3 aromatic rings. The molecule has 140 valence electrons. The molecule has 0 unspecified atom stereocenters. The van der Waals surface area contributed by atoms with Gasteiger partial charge in [0.2, 0.25) is 5.91 Å². The van der Waals surface area contributed by atoms with Crippen LogP contribution in [0.2, 0.25) is 10.0 Å². The molecule has 0 saturated carbocycles. The Morgan fingerprint density at radius 1 is 1.11 bits per heavy atom. The van der Waals surface area contributed by atoms with Gasteiger partial charge in [0.15, 0.2) is 0 Å². The highest BCUT2D eigenvalue weighted by Gasteiger charge is 2.21. The summed E-state index contributed by atoms with van der Waals surface area (Å²) >= 11 is 12.0. The van der Waals surface area contributed by atoms with Crippen LogP contribution in [-0.2, 0) is 17.8 Å². The second-order valence-electron chi connectivity index (χ2n) is 6.08. The van der Waals surface area contributed by atoms with Crippen molar-refractivity contribution in [2.45, 2.75) is 19.0 Å². The zero-order valence-corrected chi connectivity index (χ0v) is 15.8.